The molecular weight excluding hydrogens is 360 g/mol. The number of hydrogen-bond acceptors (Lipinski definition) is 6. The standard InChI is InChI=1S/C19H32N6OS/c26-18(17-14-25(23-22-17)16-4-8-20-9-5-16)21-15-19(6-2-1-3-7-19)24-10-12-27-13-11-24/h14,16,20H,1-13,15H2,(H,21,26). The average Bonchev–Trinajstić information content (AvgIpc) is 3.24. The summed E-state index contributed by atoms with van der Waals surface area (Å²) in [5.74, 6) is 2.34. The summed E-state index contributed by atoms with van der Waals surface area (Å²) in [6.45, 7) is 5.03. The van der Waals surface area contributed by atoms with Gasteiger partial charge in [-0.25, -0.2) is 4.68 Å². The van der Waals surface area contributed by atoms with Crippen LogP contribution < -0.4 is 10.6 Å². The van der Waals surface area contributed by atoms with E-state index in [0.717, 1.165) is 45.6 Å². The zero-order valence-electron chi connectivity index (χ0n) is 16.2. The van der Waals surface area contributed by atoms with Crippen molar-refractivity contribution in [2.45, 2.75) is 56.5 Å². The maximum Gasteiger partial charge on any atom is 0.273 e. The molecule has 0 unspecified atom stereocenters. The minimum Gasteiger partial charge on any atom is -0.349 e. The van der Waals surface area contributed by atoms with Crippen LogP contribution in [0, 0.1) is 0 Å². The Hall–Kier alpha value is -1.12. The van der Waals surface area contributed by atoms with Gasteiger partial charge < -0.3 is 10.6 Å². The molecule has 4 rings (SSSR count). The van der Waals surface area contributed by atoms with Gasteiger partial charge in [-0.15, -0.1) is 5.10 Å². The number of aromatic nitrogens is 3. The van der Waals surface area contributed by atoms with Crippen LogP contribution in [0.5, 0.6) is 0 Å². The van der Waals surface area contributed by atoms with Gasteiger partial charge in [0.15, 0.2) is 5.69 Å². The van der Waals surface area contributed by atoms with Crippen molar-refractivity contribution in [1.82, 2.24) is 30.5 Å². The van der Waals surface area contributed by atoms with E-state index >= 15 is 0 Å². The number of nitrogens with zero attached hydrogens (tertiary/aromatic N) is 4. The van der Waals surface area contributed by atoms with Crippen LogP contribution in [-0.2, 0) is 0 Å². The fourth-order valence-corrected chi connectivity index (χ4v) is 5.72. The van der Waals surface area contributed by atoms with Crippen molar-refractivity contribution >= 4 is 17.7 Å². The number of carbonyl (C=O) groups is 1. The van der Waals surface area contributed by atoms with Crippen molar-refractivity contribution in [2.75, 3.05) is 44.2 Å². The van der Waals surface area contributed by atoms with Crippen LogP contribution in [0.3, 0.4) is 0 Å². The van der Waals surface area contributed by atoms with Crippen LogP contribution in [0.2, 0.25) is 0 Å². The fraction of sp³-hybridized carbons (Fsp3) is 0.842. The van der Waals surface area contributed by atoms with Crippen LogP contribution >= 0.6 is 11.8 Å². The van der Waals surface area contributed by atoms with Crippen LogP contribution in [0.25, 0.3) is 0 Å². The molecule has 2 N–H and O–H groups in total. The number of hydrogen-bond donors (Lipinski definition) is 2. The van der Waals surface area contributed by atoms with E-state index in [9.17, 15) is 4.79 Å². The largest absolute Gasteiger partial charge is 0.349 e. The molecule has 1 aliphatic carbocycles. The number of thioether (sulfide) groups is 1. The highest BCUT2D eigenvalue weighted by molar-refractivity contribution is 7.99. The van der Waals surface area contributed by atoms with E-state index in [1.165, 1.54) is 43.6 Å². The van der Waals surface area contributed by atoms with Crippen molar-refractivity contribution < 1.29 is 4.79 Å². The lowest BCUT2D eigenvalue weighted by Crippen LogP contribution is -2.58. The van der Waals surface area contributed by atoms with E-state index < -0.39 is 0 Å². The quantitative estimate of drug-likeness (QED) is 0.794. The maximum atomic E-state index is 12.7. The summed E-state index contributed by atoms with van der Waals surface area (Å²) in [7, 11) is 0. The van der Waals surface area contributed by atoms with Crippen LogP contribution in [0.15, 0.2) is 6.20 Å². The molecular formula is C19H32N6OS. The zero-order chi connectivity index (χ0) is 18.5. The molecule has 150 valence electrons. The highest BCUT2D eigenvalue weighted by Crippen LogP contribution is 2.34. The Bertz CT molecular complexity index is 617. The summed E-state index contributed by atoms with van der Waals surface area (Å²) in [5, 5.41) is 14.9. The highest BCUT2D eigenvalue weighted by atomic mass is 32.2. The molecule has 0 spiro atoms. The van der Waals surface area contributed by atoms with Gasteiger partial charge in [0.05, 0.1) is 12.2 Å². The Morgan fingerprint density at radius 2 is 1.96 bits per heavy atom. The first-order valence-electron chi connectivity index (χ1n) is 10.5. The first kappa shape index (κ1) is 19.2. The number of rotatable bonds is 5. The molecule has 3 heterocycles. The number of amides is 1. The Morgan fingerprint density at radius 1 is 1.22 bits per heavy atom. The second-order valence-electron chi connectivity index (χ2n) is 8.13. The normalized spacial score (nSPS) is 24.6. The Kier molecular flexibility index (Phi) is 6.35. The van der Waals surface area contributed by atoms with E-state index in [0.29, 0.717) is 11.7 Å². The van der Waals surface area contributed by atoms with Gasteiger partial charge in [0, 0.05) is 36.7 Å². The average molecular weight is 393 g/mol. The lowest BCUT2D eigenvalue weighted by molar-refractivity contribution is 0.0547. The van der Waals surface area contributed by atoms with Crippen molar-refractivity contribution in [3.63, 3.8) is 0 Å². The number of carbonyl (C=O) groups excluding carboxylic acids is 1. The Labute approximate surface area is 166 Å². The highest BCUT2D eigenvalue weighted by Gasteiger charge is 2.38. The third-order valence-electron chi connectivity index (χ3n) is 6.47. The van der Waals surface area contributed by atoms with Gasteiger partial charge in [-0.2, -0.15) is 11.8 Å². The zero-order valence-corrected chi connectivity index (χ0v) is 17.0. The molecule has 2 aliphatic heterocycles. The van der Waals surface area contributed by atoms with E-state index in [-0.39, 0.29) is 11.4 Å². The van der Waals surface area contributed by atoms with Crippen molar-refractivity contribution in [2.24, 2.45) is 0 Å². The van der Waals surface area contributed by atoms with E-state index in [2.05, 4.69) is 25.8 Å². The first-order chi connectivity index (χ1) is 13.3. The molecule has 1 aromatic heterocycles. The molecule has 27 heavy (non-hydrogen) atoms. The van der Waals surface area contributed by atoms with Gasteiger partial charge in [-0.05, 0) is 38.8 Å². The molecule has 0 radical (unpaired) electrons. The molecule has 0 aromatic carbocycles. The van der Waals surface area contributed by atoms with Gasteiger partial charge in [0.1, 0.15) is 0 Å². The molecule has 0 bridgehead atoms. The molecule has 1 aromatic rings. The van der Waals surface area contributed by atoms with Gasteiger partial charge >= 0.3 is 0 Å². The molecule has 3 fully saturated rings. The van der Waals surface area contributed by atoms with Crippen LogP contribution in [0.1, 0.15) is 61.5 Å². The van der Waals surface area contributed by atoms with Gasteiger partial charge in [-0.1, -0.05) is 24.5 Å². The van der Waals surface area contributed by atoms with Gasteiger partial charge in [0.2, 0.25) is 0 Å². The van der Waals surface area contributed by atoms with Gasteiger partial charge in [0.25, 0.3) is 5.91 Å². The smallest absolute Gasteiger partial charge is 0.273 e. The van der Waals surface area contributed by atoms with E-state index in [4.69, 9.17) is 0 Å². The maximum absolute atomic E-state index is 12.7. The summed E-state index contributed by atoms with van der Waals surface area (Å²) in [4.78, 5) is 15.4. The third-order valence-corrected chi connectivity index (χ3v) is 7.41. The summed E-state index contributed by atoms with van der Waals surface area (Å²) in [6.07, 6.45) is 10.2. The van der Waals surface area contributed by atoms with E-state index in [1.807, 2.05) is 22.6 Å². The molecule has 1 saturated carbocycles. The molecule has 3 aliphatic rings. The monoisotopic (exact) mass is 392 g/mol. The lowest BCUT2D eigenvalue weighted by atomic mass is 9.80. The SMILES string of the molecule is O=C(NCC1(N2CCSCC2)CCCCC1)c1cn(C2CCNCC2)nn1. The minimum atomic E-state index is -0.0773. The van der Waals surface area contributed by atoms with Crippen LogP contribution in [-0.4, -0.2) is 75.6 Å². The molecule has 1 amide bonds. The third kappa shape index (κ3) is 4.49. The van der Waals surface area contributed by atoms with Crippen molar-refractivity contribution in [3.8, 4) is 0 Å². The molecule has 8 heteroatoms. The van der Waals surface area contributed by atoms with Crippen LogP contribution in [0.4, 0.5) is 0 Å². The topological polar surface area (TPSA) is 75.1 Å². The number of nitrogens with one attached hydrogen (secondary N) is 2. The predicted octanol–water partition coefficient (Wildman–Crippen LogP) is 1.68. The second kappa shape index (κ2) is 8.92. The second-order valence-corrected chi connectivity index (χ2v) is 9.36. The van der Waals surface area contributed by atoms with Gasteiger partial charge in [-0.3, -0.25) is 9.69 Å². The Balaban J connectivity index is 1.38. The fourth-order valence-electron chi connectivity index (χ4n) is 4.82. The molecule has 0 atom stereocenters. The number of piperidine rings is 1. The summed E-state index contributed by atoms with van der Waals surface area (Å²) < 4.78 is 1.88. The van der Waals surface area contributed by atoms with Crippen molar-refractivity contribution in [3.05, 3.63) is 11.9 Å². The minimum absolute atomic E-state index is 0.0773. The molecule has 2 saturated heterocycles. The summed E-state index contributed by atoms with van der Waals surface area (Å²) in [5.41, 5.74) is 0.591. The lowest BCUT2D eigenvalue weighted by Gasteiger charge is -2.48. The first-order valence-corrected chi connectivity index (χ1v) is 11.7. The van der Waals surface area contributed by atoms with Crippen molar-refractivity contribution in [1.29, 1.82) is 0 Å². The predicted molar refractivity (Wildman–Crippen MR) is 108 cm³/mol. The van der Waals surface area contributed by atoms with E-state index in [1.54, 1.807) is 0 Å². The summed E-state index contributed by atoms with van der Waals surface area (Å²) in [6, 6.07) is 0.357. The molecule has 7 nitrogen and oxygen atoms in total. The summed E-state index contributed by atoms with van der Waals surface area (Å²) >= 11 is 2.04. The Morgan fingerprint density at radius 3 is 2.70 bits per heavy atom.